The van der Waals surface area contributed by atoms with Crippen molar-refractivity contribution in [3.05, 3.63) is 11.4 Å². The summed E-state index contributed by atoms with van der Waals surface area (Å²) in [6.45, 7) is 8.20. The quantitative estimate of drug-likeness (QED) is 0.776. The molecule has 102 valence electrons. The smallest absolute Gasteiger partial charge is 0.360 e. The lowest BCUT2D eigenvalue weighted by Crippen LogP contribution is -2.19. The van der Waals surface area contributed by atoms with Crippen LogP contribution in [0.1, 0.15) is 56.2 Å². The van der Waals surface area contributed by atoms with E-state index in [2.05, 4.69) is 10.3 Å². The summed E-state index contributed by atoms with van der Waals surface area (Å²) in [6, 6.07) is 0. The predicted octanol–water partition coefficient (Wildman–Crippen LogP) is 1.35. The molecule has 0 saturated heterocycles. The molecule has 0 fully saturated rings. The number of aliphatic hydroxyl groups is 1. The number of carbonyl (C=O) groups is 1. The van der Waals surface area contributed by atoms with Gasteiger partial charge in [0.25, 0.3) is 0 Å². The Morgan fingerprint density at radius 3 is 2.61 bits per heavy atom. The van der Waals surface area contributed by atoms with Gasteiger partial charge in [0, 0.05) is 0 Å². The first-order valence-electron chi connectivity index (χ1n) is 6.29. The van der Waals surface area contributed by atoms with Crippen LogP contribution in [0, 0.1) is 0 Å². The van der Waals surface area contributed by atoms with E-state index in [1.165, 1.54) is 0 Å². The van der Waals surface area contributed by atoms with Gasteiger partial charge in [-0.3, -0.25) is 0 Å². The van der Waals surface area contributed by atoms with Gasteiger partial charge in [0.15, 0.2) is 5.69 Å². The van der Waals surface area contributed by atoms with Crippen molar-refractivity contribution >= 4 is 5.97 Å². The lowest BCUT2D eigenvalue weighted by Gasteiger charge is -2.13. The highest BCUT2D eigenvalue weighted by Crippen LogP contribution is 2.19. The second-order valence-electron chi connectivity index (χ2n) is 4.44. The third-order valence-electron chi connectivity index (χ3n) is 2.64. The molecule has 1 unspecified atom stereocenters. The average Bonchev–Trinajstić information content (AvgIpc) is 2.73. The lowest BCUT2D eigenvalue weighted by molar-refractivity contribution is 0.0517. The standard InChI is InChI=1S/C12H21N3O3/c1-5-9(16)7-15-11(8(3)4)10(13-14-15)12(17)18-6-2/h8-9,16H,5-7H2,1-4H3. The van der Waals surface area contributed by atoms with Crippen LogP contribution < -0.4 is 0 Å². The van der Waals surface area contributed by atoms with E-state index < -0.39 is 12.1 Å². The lowest BCUT2D eigenvalue weighted by atomic mass is 10.1. The number of ether oxygens (including phenoxy) is 1. The van der Waals surface area contributed by atoms with Crippen LogP contribution in [0.4, 0.5) is 0 Å². The number of carbonyl (C=O) groups excluding carboxylic acids is 1. The van der Waals surface area contributed by atoms with Gasteiger partial charge in [0.1, 0.15) is 0 Å². The summed E-state index contributed by atoms with van der Waals surface area (Å²) in [5.74, 6) is -0.373. The molecule has 0 saturated carbocycles. The van der Waals surface area contributed by atoms with Gasteiger partial charge < -0.3 is 9.84 Å². The SMILES string of the molecule is CCOC(=O)c1nnn(CC(O)CC)c1C(C)C. The predicted molar refractivity (Wildman–Crippen MR) is 66.4 cm³/mol. The van der Waals surface area contributed by atoms with Crippen LogP contribution in [0.15, 0.2) is 0 Å². The molecule has 0 radical (unpaired) electrons. The van der Waals surface area contributed by atoms with Crippen molar-refractivity contribution in [3.63, 3.8) is 0 Å². The molecule has 1 rings (SSSR count). The first-order valence-corrected chi connectivity index (χ1v) is 6.29. The molecule has 0 aliphatic heterocycles. The van der Waals surface area contributed by atoms with E-state index in [9.17, 15) is 9.90 Å². The van der Waals surface area contributed by atoms with Crippen molar-refractivity contribution in [2.45, 2.75) is 52.7 Å². The summed E-state index contributed by atoms with van der Waals surface area (Å²) in [5.41, 5.74) is 0.955. The van der Waals surface area contributed by atoms with Crippen LogP contribution in [0.5, 0.6) is 0 Å². The van der Waals surface area contributed by atoms with Gasteiger partial charge in [0.05, 0.1) is 24.9 Å². The van der Waals surface area contributed by atoms with Gasteiger partial charge in [-0.2, -0.15) is 0 Å². The molecule has 0 aromatic carbocycles. The van der Waals surface area contributed by atoms with Crippen molar-refractivity contribution in [1.82, 2.24) is 15.0 Å². The largest absolute Gasteiger partial charge is 0.461 e. The normalized spacial score (nSPS) is 12.8. The molecular weight excluding hydrogens is 234 g/mol. The monoisotopic (exact) mass is 255 g/mol. The zero-order valence-corrected chi connectivity index (χ0v) is 11.4. The summed E-state index contributed by atoms with van der Waals surface area (Å²) in [7, 11) is 0. The third kappa shape index (κ3) is 3.29. The number of aromatic nitrogens is 3. The Bertz CT molecular complexity index is 401. The Morgan fingerprint density at radius 2 is 2.11 bits per heavy atom. The highest BCUT2D eigenvalue weighted by atomic mass is 16.5. The van der Waals surface area contributed by atoms with Crippen molar-refractivity contribution in [1.29, 1.82) is 0 Å². The maximum Gasteiger partial charge on any atom is 0.360 e. The molecule has 0 amide bonds. The average molecular weight is 255 g/mol. The topological polar surface area (TPSA) is 77.2 Å². The van der Waals surface area contributed by atoms with E-state index in [1.807, 2.05) is 20.8 Å². The highest BCUT2D eigenvalue weighted by molar-refractivity contribution is 5.88. The number of hydrogen-bond donors (Lipinski definition) is 1. The Balaban J connectivity index is 3.03. The first-order chi connectivity index (χ1) is 8.51. The Hall–Kier alpha value is -1.43. The first kappa shape index (κ1) is 14.6. The molecule has 1 N–H and O–H groups in total. The van der Waals surface area contributed by atoms with Crippen LogP contribution in [0.25, 0.3) is 0 Å². The Morgan fingerprint density at radius 1 is 1.44 bits per heavy atom. The molecule has 1 heterocycles. The molecule has 6 nitrogen and oxygen atoms in total. The van der Waals surface area contributed by atoms with Gasteiger partial charge in [-0.25, -0.2) is 9.48 Å². The van der Waals surface area contributed by atoms with Gasteiger partial charge in [-0.05, 0) is 19.3 Å². The second-order valence-corrected chi connectivity index (χ2v) is 4.44. The molecule has 0 aliphatic carbocycles. The van der Waals surface area contributed by atoms with Crippen LogP contribution in [0.2, 0.25) is 0 Å². The maximum atomic E-state index is 11.7. The van der Waals surface area contributed by atoms with E-state index in [1.54, 1.807) is 11.6 Å². The fraction of sp³-hybridized carbons (Fsp3) is 0.750. The molecule has 0 spiro atoms. The van der Waals surface area contributed by atoms with Crippen molar-refractivity contribution in [2.24, 2.45) is 0 Å². The van der Waals surface area contributed by atoms with Crippen molar-refractivity contribution in [2.75, 3.05) is 6.61 Å². The minimum Gasteiger partial charge on any atom is -0.461 e. The summed E-state index contributed by atoms with van der Waals surface area (Å²) >= 11 is 0. The van der Waals surface area contributed by atoms with Gasteiger partial charge in [-0.15, -0.1) is 5.10 Å². The number of hydrogen-bond acceptors (Lipinski definition) is 5. The molecule has 6 heteroatoms. The molecule has 18 heavy (non-hydrogen) atoms. The Labute approximate surface area is 107 Å². The number of rotatable bonds is 6. The molecule has 1 atom stereocenters. The van der Waals surface area contributed by atoms with Gasteiger partial charge in [0.2, 0.25) is 0 Å². The third-order valence-corrected chi connectivity index (χ3v) is 2.64. The second kappa shape index (κ2) is 6.49. The van der Waals surface area contributed by atoms with Gasteiger partial charge >= 0.3 is 5.97 Å². The number of esters is 1. The fourth-order valence-electron chi connectivity index (χ4n) is 1.70. The van der Waals surface area contributed by atoms with E-state index in [0.29, 0.717) is 25.3 Å². The summed E-state index contributed by atoms with van der Waals surface area (Å²) in [5, 5.41) is 17.5. The molecule has 1 aromatic rings. The Kier molecular flexibility index (Phi) is 5.27. The van der Waals surface area contributed by atoms with E-state index >= 15 is 0 Å². The number of aliphatic hydroxyl groups excluding tert-OH is 1. The van der Waals surface area contributed by atoms with E-state index in [-0.39, 0.29) is 11.6 Å². The van der Waals surface area contributed by atoms with Crippen LogP contribution in [0.3, 0.4) is 0 Å². The van der Waals surface area contributed by atoms with E-state index in [0.717, 1.165) is 0 Å². The maximum absolute atomic E-state index is 11.7. The van der Waals surface area contributed by atoms with Crippen LogP contribution in [-0.2, 0) is 11.3 Å². The van der Waals surface area contributed by atoms with Crippen LogP contribution in [-0.4, -0.2) is 38.8 Å². The zero-order valence-electron chi connectivity index (χ0n) is 11.4. The van der Waals surface area contributed by atoms with Gasteiger partial charge in [-0.1, -0.05) is 26.0 Å². The summed E-state index contributed by atoms with van der Waals surface area (Å²) in [4.78, 5) is 11.7. The fourth-order valence-corrected chi connectivity index (χ4v) is 1.70. The minimum atomic E-state index is -0.487. The minimum absolute atomic E-state index is 0.0865. The highest BCUT2D eigenvalue weighted by Gasteiger charge is 2.23. The molecule has 1 aromatic heterocycles. The van der Waals surface area contributed by atoms with Crippen LogP contribution >= 0.6 is 0 Å². The summed E-state index contributed by atoms with van der Waals surface area (Å²) in [6.07, 6.45) is 0.144. The molecule has 0 aliphatic rings. The summed E-state index contributed by atoms with van der Waals surface area (Å²) < 4.78 is 6.53. The van der Waals surface area contributed by atoms with E-state index in [4.69, 9.17) is 4.74 Å². The zero-order chi connectivity index (χ0) is 13.7. The van der Waals surface area contributed by atoms with Crippen molar-refractivity contribution < 1.29 is 14.6 Å². The molecular formula is C12H21N3O3. The molecule has 0 bridgehead atoms. The number of nitrogens with zero attached hydrogens (tertiary/aromatic N) is 3. The van der Waals surface area contributed by atoms with Crippen molar-refractivity contribution in [3.8, 4) is 0 Å².